The quantitative estimate of drug-likeness (QED) is 0.306. The highest BCUT2D eigenvalue weighted by molar-refractivity contribution is 5.97. The summed E-state index contributed by atoms with van der Waals surface area (Å²) in [4.78, 5) is 41.8. The van der Waals surface area contributed by atoms with Gasteiger partial charge in [-0.2, -0.15) is 0 Å². The summed E-state index contributed by atoms with van der Waals surface area (Å²) in [5.41, 5.74) is 2.00. The van der Waals surface area contributed by atoms with Gasteiger partial charge in [0.05, 0.1) is 6.04 Å². The Morgan fingerprint density at radius 1 is 0.944 bits per heavy atom. The summed E-state index contributed by atoms with van der Waals surface area (Å²) < 4.78 is 13.1. The Bertz CT molecular complexity index is 1440. The fraction of sp³-hybridized carbons (Fsp3) is 0.179. The van der Waals surface area contributed by atoms with Crippen LogP contribution in [0.3, 0.4) is 0 Å². The molecule has 0 saturated carbocycles. The van der Waals surface area contributed by atoms with Gasteiger partial charge in [-0.15, -0.1) is 0 Å². The number of fused-ring (bicyclic) bond motifs is 1. The average Bonchev–Trinajstić information content (AvgIpc) is 2.90. The van der Waals surface area contributed by atoms with Gasteiger partial charge in [0.25, 0.3) is 11.8 Å². The van der Waals surface area contributed by atoms with Gasteiger partial charge in [0, 0.05) is 23.0 Å². The monoisotopic (exact) mass is 487 g/mol. The van der Waals surface area contributed by atoms with Gasteiger partial charge < -0.3 is 20.7 Å². The fourth-order valence-corrected chi connectivity index (χ4v) is 3.99. The molecule has 1 heterocycles. The van der Waals surface area contributed by atoms with Crippen molar-refractivity contribution in [3.8, 4) is 0 Å². The molecule has 0 spiro atoms. The number of hydrogen-bond donors (Lipinski definition) is 4. The SMILES string of the molecule is Cc1c(C(=O)N[C@@H](Cc2ccccc2)[C@@H](O)C(=O)NCc2ccc(F)cc2)[nH]c2ccccc2c1=O. The second-order valence-electron chi connectivity index (χ2n) is 8.56. The lowest BCUT2D eigenvalue weighted by Crippen LogP contribution is -2.52. The van der Waals surface area contributed by atoms with E-state index in [-0.39, 0.29) is 29.7 Å². The maximum Gasteiger partial charge on any atom is 0.268 e. The Morgan fingerprint density at radius 3 is 2.33 bits per heavy atom. The van der Waals surface area contributed by atoms with Gasteiger partial charge in [-0.25, -0.2) is 4.39 Å². The van der Waals surface area contributed by atoms with Crippen LogP contribution in [0.5, 0.6) is 0 Å². The molecule has 4 aromatic rings. The zero-order chi connectivity index (χ0) is 25.7. The first-order valence-electron chi connectivity index (χ1n) is 11.5. The van der Waals surface area contributed by atoms with Crippen molar-refractivity contribution in [1.29, 1.82) is 0 Å². The number of aliphatic hydroxyl groups is 1. The summed E-state index contributed by atoms with van der Waals surface area (Å²) >= 11 is 0. The summed E-state index contributed by atoms with van der Waals surface area (Å²) in [7, 11) is 0. The van der Waals surface area contributed by atoms with Crippen molar-refractivity contribution in [3.63, 3.8) is 0 Å². The molecule has 7 nitrogen and oxygen atoms in total. The number of amides is 2. The highest BCUT2D eigenvalue weighted by Gasteiger charge is 2.29. The van der Waals surface area contributed by atoms with Crippen molar-refractivity contribution in [3.05, 3.63) is 117 Å². The van der Waals surface area contributed by atoms with Crippen molar-refractivity contribution in [1.82, 2.24) is 15.6 Å². The third-order valence-corrected chi connectivity index (χ3v) is 6.02. The first kappa shape index (κ1) is 24.8. The van der Waals surface area contributed by atoms with Crippen LogP contribution in [0.4, 0.5) is 4.39 Å². The van der Waals surface area contributed by atoms with Gasteiger partial charge in [0.15, 0.2) is 11.5 Å². The van der Waals surface area contributed by atoms with Crippen molar-refractivity contribution in [2.75, 3.05) is 0 Å². The van der Waals surface area contributed by atoms with E-state index in [1.54, 1.807) is 31.2 Å². The normalized spacial score (nSPS) is 12.6. The van der Waals surface area contributed by atoms with Crippen LogP contribution in [-0.4, -0.2) is 34.1 Å². The molecule has 0 fully saturated rings. The van der Waals surface area contributed by atoms with Gasteiger partial charge in [-0.3, -0.25) is 14.4 Å². The summed E-state index contributed by atoms with van der Waals surface area (Å²) in [6, 6.07) is 20.6. The number of aromatic amines is 1. The van der Waals surface area contributed by atoms with Crippen LogP contribution in [0.15, 0.2) is 83.7 Å². The van der Waals surface area contributed by atoms with E-state index in [4.69, 9.17) is 0 Å². The Hall–Kier alpha value is -4.30. The van der Waals surface area contributed by atoms with Crippen LogP contribution >= 0.6 is 0 Å². The standard InChI is InChI=1S/C28H26FN3O4/c1-17-24(31-22-10-6-5-9-21(22)25(17)33)27(35)32-23(15-18-7-3-2-4-8-18)26(34)28(36)30-16-19-11-13-20(29)14-12-19/h2-14,23,26,34H,15-16H2,1H3,(H,30,36)(H,31,33)(H,32,35)/t23-,26+/m0/s1. The van der Waals surface area contributed by atoms with Crippen molar-refractivity contribution < 1.29 is 19.1 Å². The van der Waals surface area contributed by atoms with Crippen molar-refractivity contribution >= 4 is 22.7 Å². The molecule has 1 aromatic heterocycles. The molecule has 0 aliphatic rings. The highest BCUT2D eigenvalue weighted by atomic mass is 19.1. The molecule has 4 rings (SSSR count). The molecule has 0 aliphatic carbocycles. The molecule has 0 bridgehead atoms. The topological polar surface area (TPSA) is 111 Å². The first-order valence-corrected chi connectivity index (χ1v) is 11.5. The number of aliphatic hydroxyl groups excluding tert-OH is 1. The lowest BCUT2D eigenvalue weighted by atomic mass is 9.99. The van der Waals surface area contributed by atoms with Gasteiger partial charge >= 0.3 is 0 Å². The number of benzene rings is 3. The third kappa shape index (κ3) is 5.67. The lowest BCUT2D eigenvalue weighted by Gasteiger charge is -2.24. The Kier molecular flexibility index (Phi) is 7.56. The van der Waals surface area contributed by atoms with E-state index in [0.29, 0.717) is 16.5 Å². The van der Waals surface area contributed by atoms with Crippen molar-refractivity contribution in [2.24, 2.45) is 0 Å². The van der Waals surface area contributed by atoms with Gasteiger partial charge in [-0.1, -0.05) is 54.6 Å². The number of para-hydroxylation sites is 1. The molecule has 0 radical (unpaired) electrons. The summed E-state index contributed by atoms with van der Waals surface area (Å²) in [6.07, 6.45) is -1.41. The minimum absolute atomic E-state index is 0.0654. The van der Waals surface area contributed by atoms with Crippen LogP contribution in [-0.2, 0) is 17.8 Å². The number of halogens is 1. The van der Waals surface area contributed by atoms with Gasteiger partial charge in [0.1, 0.15) is 11.5 Å². The molecular formula is C28H26FN3O4. The molecule has 4 N–H and O–H groups in total. The summed E-state index contributed by atoms with van der Waals surface area (Å²) in [6.45, 7) is 1.64. The molecular weight excluding hydrogens is 461 g/mol. The van der Waals surface area contributed by atoms with Crippen LogP contribution < -0.4 is 16.1 Å². The van der Waals surface area contributed by atoms with E-state index in [1.807, 2.05) is 30.3 Å². The molecule has 0 aliphatic heterocycles. The van der Waals surface area contributed by atoms with Crippen LogP contribution in [0.2, 0.25) is 0 Å². The number of H-pyrrole nitrogens is 1. The molecule has 2 atom stereocenters. The van der Waals surface area contributed by atoms with E-state index in [9.17, 15) is 23.9 Å². The number of hydrogen-bond acceptors (Lipinski definition) is 4. The fourth-order valence-electron chi connectivity index (χ4n) is 3.99. The lowest BCUT2D eigenvalue weighted by molar-refractivity contribution is -0.130. The van der Waals surface area contributed by atoms with E-state index in [1.165, 1.54) is 24.3 Å². The number of carbonyl (C=O) groups excluding carboxylic acids is 2. The van der Waals surface area contributed by atoms with E-state index in [2.05, 4.69) is 15.6 Å². The molecule has 3 aromatic carbocycles. The van der Waals surface area contributed by atoms with Crippen molar-refractivity contribution in [2.45, 2.75) is 32.0 Å². The average molecular weight is 488 g/mol. The van der Waals surface area contributed by atoms with E-state index >= 15 is 0 Å². The minimum Gasteiger partial charge on any atom is -0.381 e. The Morgan fingerprint density at radius 2 is 1.61 bits per heavy atom. The summed E-state index contributed by atoms with van der Waals surface area (Å²) in [5, 5.41) is 16.7. The van der Waals surface area contributed by atoms with Crippen LogP contribution in [0.1, 0.15) is 27.2 Å². The van der Waals surface area contributed by atoms with Crippen LogP contribution in [0, 0.1) is 12.7 Å². The van der Waals surface area contributed by atoms with E-state index in [0.717, 1.165) is 5.56 Å². The zero-order valence-electron chi connectivity index (χ0n) is 19.6. The number of aromatic nitrogens is 1. The van der Waals surface area contributed by atoms with E-state index < -0.39 is 29.8 Å². The zero-order valence-corrected chi connectivity index (χ0v) is 19.6. The predicted octanol–water partition coefficient (Wildman–Crippen LogP) is 2.99. The smallest absolute Gasteiger partial charge is 0.268 e. The molecule has 0 unspecified atom stereocenters. The van der Waals surface area contributed by atoms with Crippen LogP contribution in [0.25, 0.3) is 10.9 Å². The predicted molar refractivity (Wildman–Crippen MR) is 135 cm³/mol. The summed E-state index contributed by atoms with van der Waals surface area (Å²) in [5.74, 6) is -1.69. The number of nitrogens with one attached hydrogen (secondary N) is 3. The number of pyridine rings is 1. The largest absolute Gasteiger partial charge is 0.381 e. The van der Waals surface area contributed by atoms with Gasteiger partial charge in [0.2, 0.25) is 0 Å². The Balaban J connectivity index is 1.56. The maximum atomic E-state index is 13.2. The first-order chi connectivity index (χ1) is 17.3. The number of carbonyl (C=O) groups is 2. The second kappa shape index (κ2) is 11.0. The second-order valence-corrected chi connectivity index (χ2v) is 8.56. The van der Waals surface area contributed by atoms with Gasteiger partial charge in [-0.05, 0) is 48.7 Å². The molecule has 0 saturated heterocycles. The highest BCUT2D eigenvalue weighted by Crippen LogP contribution is 2.13. The third-order valence-electron chi connectivity index (χ3n) is 6.02. The Labute approximate surface area is 207 Å². The molecule has 8 heteroatoms. The maximum absolute atomic E-state index is 13.2. The number of rotatable bonds is 8. The molecule has 2 amide bonds. The minimum atomic E-state index is -1.58. The molecule has 36 heavy (non-hydrogen) atoms. The molecule has 184 valence electrons.